The molecular formula is C11H20N4. The van der Waals surface area contributed by atoms with Crippen LogP contribution in [0.5, 0.6) is 0 Å². The zero-order valence-corrected chi connectivity index (χ0v) is 9.82. The molecule has 2 rings (SSSR count). The molecule has 0 aliphatic carbocycles. The Hall–Kier alpha value is -0.870. The number of hydrogen-bond acceptors (Lipinski definition) is 3. The highest BCUT2D eigenvalue weighted by atomic mass is 15.3. The molecular weight excluding hydrogens is 188 g/mol. The molecule has 1 aliphatic heterocycles. The first kappa shape index (κ1) is 10.6. The van der Waals surface area contributed by atoms with Crippen molar-refractivity contribution in [3.63, 3.8) is 0 Å². The standard InChI is InChI=1S/C11H20N4/c1-9-7-15(5-4-12-9)8-11-6-13-14(3)10(11)2/h6,9,12H,4-5,7-8H2,1-3H3. The maximum atomic E-state index is 4.28. The van der Waals surface area contributed by atoms with Crippen LogP contribution in [0.3, 0.4) is 0 Å². The Morgan fingerprint density at radius 2 is 2.40 bits per heavy atom. The average Bonchev–Trinajstić information content (AvgIpc) is 2.50. The van der Waals surface area contributed by atoms with Gasteiger partial charge in [0.2, 0.25) is 0 Å². The van der Waals surface area contributed by atoms with Crippen LogP contribution in [0.1, 0.15) is 18.2 Å². The van der Waals surface area contributed by atoms with Gasteiger partial charge in [-0.05, 0) is 13.8 Å². The smallest absolute Gasteiger partial charge is 0.0537 e. The summed E-state index contributed by atoms with van der Waals surface area (Å²) in [6, 6.07) is 0.607. The molecule has 1 N–H and O–H groups in total. The van der Waals surface area contributed by atoms with Crippen molar-refractivity contribution in [3.05, 3.63) is 17.5 Å². The number of piperazine rings is 1. The minimum absolute atomic E-state index is 0.607. The highest BCUT2D eigenvalue weighted by Gasteiger charge is 2.16. The Bertz CT molecular complexity index is 331. The highest BCUT2D eigenvalue weighted by Crippen LogP contribution is 2.10. The molecule has 1 unspecified atom stereocenters. The summed E-state index contributed by atoms with van der Waals surface area (Å²) in [5.41, 5.74) is 2.63. The van der Waals surface area contributed by atoms with Crippen LogP contribution in [-0.2, 0) is 13.6 Å². The van der Waals surface area contributed by atoms with Gasteiger partial charge in [0.05, 0.1) is 6.20 Å². The van der Waals surface area contributed by atoms with Crippen molar-refractivity contribution in [2.45, 2.75) is 26.4 Å². The molecule has 0 saturated carbocycles. The van der Waals surface area contributed by atoms with Crippen molar-refractivity contribution in [2.24, 2.45) is 7.05 Å². The lowest BCUT2D eigenvalue weighted by Gasteiger charge is -2.31. The quantitative estimate of drug-likeness (QED) is 0.769. The van der Waals surface area contributed by atoms with Gasteiger partial charge in [-0.3, -0.25) is 9.58 Å². The SMILES string of the molecule is Cc1c(CN2CCNC(C)C2)cnn1C. The molecule has 0 aromatic carbocycles. The molecule has 15 heavy (non-hydrogen) atoms. The lowest BCUT2D eigenvalue weighted by molar-refractivity contribution is 0.199. The van der Waals surface area contributed by atoms with E-state index in [0.29, 0.717) is 6.04 Å². The monoisotopic (exact) mass is 208 g/mol. The van der Waals surface area contributed by atoms with Crippen molar-refractivity contribution in [3.8, 4) is 0 Å². The molecule has 1 saturated heterocycles. The number of aromatic nitrogens is 2. The summed E-state index contributed by atoms with van der Waals surface area (Å²) < 4.78 is 1.95. The fraction of sp³-hybridized carbons (Fsp3) is 0.727. The molecule has 0 radical (unpaired) electrons. The molecule has 4 nitrogen and oxygen atoms in total. The Labute approximate surface area is 91.3 Å². The van der Waals surface area contributed by atoms with Gasteiger partial charge in [0.1, 0.15) is 0 Å². The maximum Gasteiger partial charge on any atom is 0.0537 e. The normalized spacial score (nSPS) is 23.3. The van der Waals surface area contributed by atoms with Crippen LogP contribution in [0.25, 0.3) is 0 Å². The van der Waals surface area contributed by atoms with Crippen LogP contribution in [0.15, 0.2) is 6.20 Å². The molecule has 1 aliphatic rings. The zero-order chi connectivity index (χ0) is 10.8. The van der Waals surface area contributed by atoms with Crippen molar-refractivity contribution in [1.29, 1.82) is 0 Å². The van der Waals surface area contributed by atoms with E-state index < -0.39 is 0 Å². The van der Waals surface area contributed by atoms with Crippen LogP contribution in [0.2, 0.25) is 0 Å². The first-order valence-electron chi connectivity index (χ1n) is 5.60. The van der Waals surface area contributed by atoms with Crippen molar-refractivity contribution < 1.29 is 0 Å². The molecule has 0 bridgehead atoms. The summed E-state index contributed by atoms with van der Waals surface area (Å²) in [6.07, 6.45) is 1.99. The summed E-state index contributed by atoms with van der Waals surface area (Å²) in [6.45, 7) is 8.77. The third kappa shape index (κ3) is 2.38. The first-order valence-corrected chi connectivity index (χ1v) is 5.60. The highest BCUT2D eigenvalue weighted by molar-refractivity contribution is 5.15. The fourth-order valence-electron chi connectivity index (χ4n) is 2.10. The van der Waals surface area contributed by atoms with Crippen molar-refractivity contribution >= 4 is 0 Å². The van der Waals surface area contributed by atoms with Gasteiger partial charge in [0.15, 0.2) is 0 Å². The van der Waals surface area contributed by atoms with Crippen LogP contribution in [-0.4, -0.2) is 40.4 Å². The van der Waals surface area contributed by atoms with Crippen LogP contribution in [0, 0.1) is 6.92 Å². The van der Waals surface area contributed by atoms with Gasteiger partial charge < -0.3 is 5.32 Å². The predicted molar refractivity (Wildman–Crippen MR) is 60.7 cm³/mol. The second-order valence-corrected chi connectivity index (χ2v) is 4.47. The Morgan fingerprint density at radius 3 is 3.00 bits per heavy atom. The molecule has 2 heterocycles. The van der Waals surface area contributed by atoms with E-state index in [1.54, 1.807) is 0 Å². The van der Waals surface area contributed by atoms with Crippen LogP contribution >= 0.6 is 0 Å². The molecule has 0 spiro atoms. The maximum absolute atomic E-state index is 4.28. The Balaban J connectivity index is 1.99. The fourth-order valence-corrected chi connectivity index (χ4v) is 2.10. The Morgan fingerprint density at radius 1 is 1.60 bits per heavy atom. The number of hydrogen-bond donors (Lipinski definition) is 1. The van der Waals surface area contributed by atoms with Gasteiger partial charge in [-0.25, -0.2) is 0 Å². The van der Waals surface area contributed by atoms with Gasteiger partial charge in [-0.1, -0.05) is 0 Å². The van der Waals surface area contributed by atoms with Gasteiger partial charge in [0.25, 0.3) is 0 Å². The lowest BCUT2D eigenvalue weighted by atomic mass is 10.2. The van der Waals surface area contributed by atoms with Crippen LogP contribution in [0.4, 0.5) is 0 Å². The molecule has 1 aromatic rings. The van der Waals surface area contributed by atoms with E-state index in [9.17, 15) is 0 Å². The lowest BCUT2D eigenvalue weighted by Crippen LogP contribution is -2.48. The molecule has 1 fully saturated rings. The molecule has 1 atom stereocenters. The topological polar surface area (TPSA) is 33.1 Å². The average molecular weight is 208 g/mol. The molecule has 0 amide bonds. The third-order valence-corrected chi connectivity index (χ3v) is 3.18. The number of nitrogens with one attached hydrogen (secondary N) is 1. The van der Waals surface area contributed by atoms with Crippen molar-refractivity contribution in [1.82, 2.24) is 20.0 Å². The summed E-state index contributed by atoms with van der Waals surface area (Å²) in [5.74, 6) is 0. The predicted octanol–water partition coefficient (Wildman–Crippen LogP) is 0.522. The minimum Gasteiger partial charge on any atom is -0.312 e. The summed E-state index contributed by atoms with van der Waals surface area (Å²) in [7, 11) is 2.00. The summed E-state index contributed by atoms with van der Waals surface area (Å²) in [4.78, 5) is 2.49. The molecule has 1 aromatic heterocycles. The zero-order valence-electron chi connectivity index (χ0n) is 9.82. The third-order valence-electron chi connectivity index (χ3n) is 3.18. The van der Waals surface area contributed by atoms with Crippen LogP contribution < -0.4 is 5.32 Å². The summed E-state index contributed by atoms with van der Waals surface area (Å²) >= 11 is 0. The number of rotatable bonds is 2. The first-order chi connectivity index (χ1) is 7.16. The minimum atomic E-state index is 0.607. The van der Waals surface area contributed by atoms with E-state index in [0.717, 1.165) is 26.2 Å². The van der Waals surface area contributed by atoms with E-state index >= 15 is 0 Å². The van der Waals surface area contributed by atoms with Gasteiger partial charge in [-0.2, -0.15) is 5.10 Å². The number of aryl methyl sites for hydroxylation is 1. The van der Waals surface area contributed by atoms with Gasteiger partial charge in [0, 0.05) is 50.5 Å². The largest absolute Gasteiger partial charge is 0.312 e. The molecule has 4 heteroatoms. The van der Waals surface area contributed by atoms with Gasteiger partial charge >= 0.3 is 0 Å². The molecule has 84 valence electrons. The Kier molecular flexibility index (Phi) is 3.07. The second kappa shape index (κ2) is 4.33. The van der Waals surface area contributed by atoms with Crippen molar-refractivity contribution in [2.75, 3.05) is 19.6 Å². The van der Waals surface area contributed by atoms with Gasteiger partial charge in [-0.15, -0.1) is 0 Å². The van der Waals surface area contributed by atoms with E-state index in [-0.39, 0.29) is 0 Å². The van der Waals surface area contributed by atoms with E-state index in [1.807, 2.05) is 17.9 Å². The van der Waals surface area contributed by atoms with E-state index in [4.69, 9.17) is 0 Å². The number of nitrogens with zero attached hydrogens (tertiary/aromatic N) is 3. The van der Waals surface area contributed by atoms with E-state index in [2.05, 4.69) is 29.2 Å². The second-order valence-electron chi connectivity index (χ2n) is 4.47. The van der Waals surface area contributed by atoms with E-state index in [1.165, 1.54) is 11.3 Å². The summed E-state index contributed by atoms with van der Waals surface area (Å²) in [5, 5.41) is 7.73.